The smallest absolute Gasteiger partial charge is 0.123 e. The Hall–Kier alpha value is -2.20. The number of hydrogen-bond acceptors (Lipinski definition) is 1. The third-order valence-corrected chi connectivity index (χ3v) is 5.58. The van der Waals surface area contributed by atoms with Gasteiger partial charge < -0.3 is 4.72 Å². The molecule has 0 radical (unpaired) electrons. The SMILES string of the molecule is CC1=C(C)/C(=C(/C)c2cccc(NS(C)=O)c2)c2ccc(F)cc2CC1. The van der Waals surface area contributed by atoms with E-state index in [1.807, 2.05) is 24.3 Å². The van der Waals surface area contributed by atoms with Gasteiger partial charge in [0.2, 0.25) is 0 Å². The molecule has 1 atom stereocenters. The molecule has 0 saturated carbocycles. The predicted molar refractivity (Wildman–Crippen MR) is 110 cm³/mol. The number of hydrogen-bond donors (Lipinski definition) is 1. The van der Waals surface area contributed by atoms with Gasteiger partial charge in [0.05, 0.1) is 0 Å². The molecule has 0 spiro atoms. The molecule has 0 aliphatic heterocycles. The van der Waals surface area contributed by atoms with Gasteiger partial charge in [-0.2, -0.15) is 0 Å². The first-order chi connectivity index (χ1) is 12.4. The van der Waals surface area contributed by atoms with Crippen LogP contribution in [0.4, 0.5) is 10.1 Å². The number of aryl methyl sites for hydroxylation is 1. The Morgan fingerprint density at radius 3 is 2.62 bits per heavy atom. The molecule has 2 aromatic carbocycles. The van der Waals surface area contributed by atoms with Gasteiger partial charge in [-0.1, -0.05) is 23.8 Å². The lowest BCUT2D eigenvalue weighted by atomic mass is 9.88. The minimum Gasteiger partial charge on any atom is -0.305 e. The van der Waals surface area contributed by atoms with Crippen LogP contribution in [0, 0.1) is 5.82 Å². The van der Waals surface area contributed by atoms with Crippen LogP contribution in [-0.4, -0.2) is 10.5 Å². The Balaban J connectivity index is 2.21. The Labute approximate surface area is 157 Å². The van der Waals surface area contributed by atoms with E-state index < -0.39 is 11.0 Å². The van der Waals surface area contributed by atoms with Crippen molar-refractivity contribution in [2.75, 3.05) is 11.0 Å². The number of nitrogens with one attached hydrogen (secondary N) is 1. The van der Waals surface area contributed by atoms with Crippen molar-refractivity contribution in [3.63, 3.8) is 0 Å². The lowest BCUT2D eigenvalue weighted by Gasteiger charge is -2.17. The molecule has 4 heteroatoms. The summed E-state index contributed by atoms with van der Waals surface area (Å²) in [6, 6.07) is 13.0. The number of halogens is 1. The quantitative estimate of drug-likeness (QED) is 0.734. The number of fused-ring (bicyclic) bond motifs is 1. The number of rotatable bonds is 3. The summed E-state index contributed by atoms with van der Waals surface area (Å²) in [6.45, 7) is 6.41. The van der Waals surface area contributed by atoms with Crippen LogP contribution in [0.3, 0.4) is 0 Å². The van der Waals surface area contributed by atoms with Crippen molar-refractivity contribution in [2.45, 2.75) is 33.6 Å². The number of benzene rings is 2. The fourth-order valence-electron chi connectivity index (χ4n) is 3.55. The van der Waals surface area contributed by atoms with E-state index in [1.165, 1.54) is 22.8 Å². The molecule has 1 aliphatic carbocycles. The zero-order chi connectivity index (χ0) is 18.8. The standard InChI is InChI=1S/C22H24FNOS/c1-14-8-9-18-12-19(23)10-11-21(18)22(15(14)2)16(3)17-6-5-7-20(13-17)24-26(4)25/h5-7,10-13,24H,8-9H2,1-4H3/b22-16+. The first-order valence-corrected chi connectivity index (χ1v) is 10.3. The third kappa shape index (κ3) is 3.80. The van der Waals surface area contributed by atoms with Gasteiger partial charge in [-0.15, -0.1) is 0 Å². The molecule has 2 nitrogen and oxygen atoms in total. The van der Waals surface area contributed by atoms with E-state index in [-0.39, 0.29) is 5.82 Å². The molecule has 0 aromatic heterocycles. The van der Waals surface area contributed by atoms with Gasteiger partial charge in [0.25, 0.3) is 0 Å². The summed E-state index contributed by atoms with van der Waals surface area (Å²) < 4.78 is 28.2. The largest absolute Gasteiger partial charge is 0.305 e. The molecule has 0 amide bonds. The molecular weight excluding hydrogens is 345 g/mol. The van der Waals surface area contributed by atoms with Gasteiger partial charge in [0.1, 0.15) is 16.8 Å². The summed E-state index contributed by atoms with van der Waals surface area (Å²) in [7, 11) is -1.11. The third-order valence-electron chi connectivity index (χ3n) is 5.05. The summed E-state index contributed by atoms with van der Waals surface area (Å²) in [5.41, 5.74) is 8.96. The van der Waals surface area contributed by atoms with Crippen LogP contribution >= 0.6 is 0 Å². The van der Waals surface area contributed by atoms with Gasteiger partial charge in [-0.25, -0.2) is 8.60 Å². The molecule has 1 N–H and O–H groups in total. The van der Waals surface area contributed by atoms with Crippen molar-refractivity contribution in [3.8, 4) is 0 Å². The van der Waals surface area contributed by atoms with E-state index in [0.29, 0.717) is 0 Å². The molecule has 0 saturated heterocycles. The average molecular weight is 370 g/mol. The zero-order valence-electron chi connectivity index (χ0n) is 15.7. The predicted octanol–water partition coefficient (Wildman–Crippen LogP) is 5.74. The lowest BCUT2D eigenvalue weighted by molar-refractivity contribution is 0.625. The van der Waals surface area contributed by atoms with Crippen LogP contribution in [0.5, 0.6) is 0 Å². The van der Waals surface area contributed by atoms with Crippen LogP contribution in [0.1, 0.15) is 43.9 Å². The Kier molecular flexibility index (Phi) is 5.42. The monoisotopic (exact) mass is 369 g/mol. The van der Waals surface area contributed by atoms with E-state index in [2.05, 4.69) is 31.6 Å². The number of allylic oxidation sites excluding steroid dienone is 4. The van der Waals surface area contributed by atoms with E-state index in [4.69, 9.17) is 0 Å². The normalized spacial score (nSPS) is 17.4. The zero-order valence-corrected chi connectivity index (χ0v) is 16.5. The molecule has 2 aromatic rings. The fourth-order valence-corrected chi connectivity index (χ4v) is 4.01. The lowest BCUT2D eigenvalue weighted by Crippen LogP contribution is -2.01. The molecular formula is C22H24FNOS. The summed E-state index contributed by atoms with van der Waals surface area (Å²) in [5.74, 6) is -0.186. The molecule has 136 valence electrons. The maximum Gasteiger partial charge on any atom is 0.123 e. The molecule has 0 heterocycles. The van der Waals surface area contributed by atoms with Crippen LogP contribution < -0.4 is 4.72 Å². The second kappa shape index (κ2) is 7.58. The van der Waals surface area contributed by atoms with E-state index in [0.717, 1.165) is 40.8 Å². The van der Waals surface area contributed by atoms with Crippen LogP contribution in [-0.2, 0) is 17.4 Å². The van der Waals surface area contributed by atoms with Gasteiger partial charge >= 0.3 is 0 Å². The first kappa shape index (κ1) is 18.6. The van der Waals surface area contributed by atoms with Crippen molar-refractivity contribution in [1.82, 2.24) is 0 Å². The molecule has 3 rings (SSSR count). The molecule has 1 unspecified atom stereocenters. The highest BCUT2D eigenvalue weighted by Crippen LogP contribution is 2.39. The van der Waals surface area contributed by atoms with Crippen LogP contribution in [0.2, 0.25) is 0 Å². The van der Waals surface area contributed by atoms with Crippen molar-refractivity contribution in [2.24, 2.45) is 0 Å². The van der Waals surface area contributed by atoms with Gasteiger partial charge in [-0.05, 0) is 91.3 Å². The summed E-state index contributed by atoms with van der Waals surface area (Å²) >= 11 is 0. The van der Waals surface area contributed by atoms with Crippen LogP contribution in [0.25, 0.3) is 11.1 Å². The molecule has 26 heavy (non-hydrogen) atoms. The molecule has 1 aliphatic rings. The minimum atomic E-state index is -1.11. The Bertz CT molecular complexity index is 943. The molecule has 0 fully saturated rings. The van der Waals surface area contributed by atoms with Crippen molar-refractivity contribution in [1.29, 1.82) is 0 Å². The minimum absolute atomic E-state index is 0.186. The van der Waals surface area contributed by atoms with Gasteiger partial charge in [0.15, 0.2) is 0 Å². The fraction of sp³-hybridized carbons (Fsp3) is 0.273. The van der Waals surface area contributed by atoms with Gasteiger partial charge in [-0.3, -0.25) is 0 Å². The highest BCUT2D eigenvalue weighted by molar-refractivity contribution is 7.85. The Morgan fingerprint density at radius 2 is 1.88 bits per heavy atom. The topological polar surface area (TPSA) is 29.1 Å². The van der Waals surface area contributed by atoms with Gasteiger partial charge in [0, 0.05) is 11.9 Å². The Morgan fingerprint density at radius 1 is 1.12 bits per heavy atom. The summed E-state index contributed by atoms with van der Waals surface area (Å²) in [6.07, 6.45) is 3.41. The molecule has 0 bridgehead atoms. The summed E-state index contributed by atoms with van der Waals surface area (Å²) in [5, 5.41) is 0. The maximum absolute atomic E-state index is 13.8. The number of anilines is 1. The second-order valence-electron chi connectivity index (χ2n) is 6.84. The highest BCUT2D eigenvalue weighted by Gasteiger charge is 2.19. The maximum atomic E-state index is 13.8. The average Bonchev–Trinajstić information content (AvgIpc) is 2.71. The van der Waals surface area contributed by atoms with Crippen molar-refractivity contribution in [3.05, 3.63) is 76.1 Å². The second-order valence-corrected chi connectivity index (χ2v) is 7.96. The van der Waals surface area contributed by atoms with E-state index in [1.54, 1.807) is 12.3 Å². The van der Waals surface area contributed by atoms with Crippen molar-refractivity contribution >= 4 is 27.8 Å². The van der Waals surface area contributed by atoms with E-state index >= 15 is 0 Å². The van der Waals surface area contributed by atoms with Crippen molar-refractivity contribution < 1.29 is 8.60 Å². The van der Waals surface area contributed by atoms with E-state index in [9.17, 15) is 8.60 Å². The highest BCUT2D eigenvalue weighted by atomic mass is 32.2. The van der Waals surface area contributed by atoms with Crippen LogP contribution in [0.15, 0.2) is 53.6 Å². The first-order valence-electron chi connectivity index (χ1n) is 8.73. The summed E-state index contributed by atoms with van der Waals surface area (Å²) in [4.78, 5) is 0.